The van der Waals surface area contributed by atoms with Gasteiger partial charge < -0.3 is 20.1 Å². The molecule has 0 saturated carbocycles. The SMILES string of the molecule is CC1NCc2ccccc2N(CCOCCO)C1=O. The summed E-state index contributed by atoms with van der Waals surface area (Å²) in [5, 5.41) is 11.9. The van der Waals surface area contributed by atoms with Crippen LogP contribution in [0.25, 0.3) is 0 Å². The van der Waals surface area contributed by atoms with Crippen LogP contribution in [0, 0.1) is 0 Å². The number of anilines is 1. The average Bonchev–Trinajstić information content (AvgIpc) is 2.55. The van der Waals surface area contributed by atoms with E-state index in [0.29, 0.717) is 26.3 Å². The molecule has 19 heavy (non-hydrogen) atoms. The van der Waals surface area contributed by atoms with Crippen LogP contribution in [-0.4, -0.2) is 43.4 Å². The minimum absolute atomic E-state index is 0.00247. The summed E-state index contributed by atoms with van der Waals surface area (Å²) in [5.74, 6) is 0.0533. The molecule has 1 aromatic rings. The Morgan fingerprint density at radius 2 is 2.21 bits per heavy atom. The molecule has 1 aliphatic heterocycles. The fourth-order valence-corrected chi connectivity index (χ4v) is 2.18. The van der Waals surface area contributed by atoms with Gasteiger partial charge in [0, 0.05) is 18.8 Å². The van der Waals surface area contributed by atoms with E-state index in [0.717, 1.165) is 11.3 Å². The number of para-hydroxylation sites is 1. The highest BCUT2D eigenvalue weighted by Gasteiger charge is 2.26. The second-order valence-electron chi connectivity index (χ2n) is 4.56. The Labute approximate surface area is 113 Å². The molecule has 0 aromatic heterocycles. The second-order valence-corrected chi connectivity index (χ2v) is 4.56. The van der Waals surface area contributed by atoms with Crippen molar-refractivity contribution in [2.45, 2.75) is 19.5 Å². The molecule has 0 aliphatic carbocycles. The number of carbonyl (C=O) groups excluding carboxylic acids is 1. The number of benzene rings is 1. The number of hydrogen-bond acceptors (Lipinski definition) is 4. The summed E-state index contributed by atoms with van der Waals surface area (Å²) < 4.78 is 5.26. The predicted octanol–water partition coefficient (Wildman–Crippen LogP) is 0.520. The van der Waals surface area contributed by atoms with Crippen molar-refractivity contribution >= 4 is 11.6 Å². The summed E-state index contributed by atoms with van der Waals surface area (Å²) >= 11 is 0. The maximum Gasteiger partial charge on any atom is 0.243 e. The zero-order valence-corrected chi connectivity index (χ0v) is 11.1. The Morgan fingerprint density at radius 1 is 1.42 bits per heavy atom. The van der Waals surface area contributed by atoms with Crippen molar-refractivity contribution in [2.75, 3.05) is 31.3 Å². The van der Waals surface area contributed by atoms with E-state index in [4.69, 9.17) is 9.84 Å². The van der Waals surface area contributed by atoms with Crippen molar-refractivity contribution < 1.29 is 14.6 Å². The van der Waals surface area contributed by atoms with Crippen molar-refractivity contribution in [2.24, 2.45) is 0 Å². The first-order chi connectivity index (χ1) is 9.24. The van der Waals surface area contributed by atoms with Crippen LogP contribution in [0.15, 0.2) is 24.3 Å². The normalized spacial score (nSPS) is 19.2. The lowest BCUT2D eigenvalue weighted by Gasteiger charge is -2.24. The third kappa shape index (κ3) is 3.32. The van der Waals surface area contributed by atoms with E-state index in [2.05, 4.69) is 5.32 Å². The van der Waals surface area contributed by atoms with Gasteiger partial charge in [0.1, 0.15) is 0 Å². The predicted molar refractivity (Wildman–Crippen MR) is 73.0 cm³/mol. The van der Waals surface area contributed by atoms with Gasteiger partial charge in [-0.15, -0.1) is 0 Å². The Kier molecular flexibility index (Phi) is 4.90. The van der Waals surface area contributed by atoms with Crippen LogP contribution < -0.4 is 10.2 Å². The van der Waals surface area contributed by atoms with Crippen molar-refractivity contribution in [3.63, 3.8) is 0 Å². The van der Waals surface area contributed by atoms with E-state index in [1.54, 1.807) is 4.90 Å². The van der Waals surface area contributed by atoms with E-state index in [1.165, 1.54) is 0 Å². The summed E-state index contributed by atoms with van der Waals surface area (Å²) in [6.07, 6.45) is 0. The Morgan fingerprint density at radius 3 is 3.00 bits per heavy atom. The van der Waals surface area contributed by atoms with Crippen LogP contribution in [0.5, 0.6) is 0 Å². The average molecular weight is 264 g/mol. The van der Waals surface area contributed by atoms with Gasteiger partial charge in [0.05, 0.1) is 25.9 Å². The molecule has 1 unspecified atom stereocenters. The third-order valence-corrected chi connectivity index (χ3v) is 3.21. The largest absolute Gasteiger partial charge is 0.394 e. The van der Waals surface area contributed by atoms with E-state index >= 15 is 0 Å². The molecule has 104 valence electrons. The Hall–Kier alpha value is -1.43. The third-order valence-electron chi connectivity index (χ3n) is 3.21. The molecule has 1 heterocycles. The van der Waals surface area contributed by atoms with Gasteiger partial charge in [-0.3, -0.25) is 4.79 Å². The highest BCUT2D eigenvalue weighted by molar-refractivity contribution is 5.98. The second kappa shape index (κ2) is 6.65. The molecule has 0 bridgehead atoms. The maximum absolute atomic E-state index is 12.3. The van der Waals surface area contributed by atoms with Gasteiger partial charge in [-0.1, -0.05) is 18.2 Å². The smallest absolute Gasteiger partial charge is 0.243 e. The molecule has 1 aliphatic rings. The van der Waals surface area contributed by atoms with Crippen LogP contribution in [0.3, 0.4) is 0 Å². The Bertz CT molecular complexity index is 436. The van der Waals surface area contributed by atoms with Crippen molar-refractivity contribution in [3.05, 3.63) is 29.8 Å². The fourth-order valence-electron chi connectivity index (χ4n) is 2.18. The first-order valence-electron chi connectivity index (χ1n) is 6.55. The molecule has 0 fully saturated rings. The highest BCUT2D eigenvalue weighted by atomic mass is 16.5. The van der Waals surface area contributed by atoms with E-state index in [1.807, 2.05) is 31.2 Å². The van der Waals surface area contributed by atoms with Gasteiger partial charge in [-0.05, 0) is 18.6 Å². The van der Waals surface area contributed by atoms with E-state index in [9.17, 15) is 4.79 Å². The molecule has 1 aromatic carbocycles. The van der Waals surface area contributed by atoms with E-state index < -0.39 is 0 Å². The lowest BCUT2D eigenvalue weighted by atomic mass is 10.1. The minimum Gasteiger partial charge on any atom is -0.394 e. The first-order valence-corrected chi connectivity index (χ1v) is 6.55. The zero-order valence-electron chi connectivity index (χ0n) is 11.1. The minimum atomic E-state index is -0.203. The summed E-state index contributed by atoms with van der Waals surface area (Å²) in [4.78, 5) is 14.1. The molecule has 0 spiro atoms. The number of aliphatic hydroxyl groups is 1. The first kappa shape index (κ1) is 14.0. The Balaban J connectivity index is 2.14. The van der Waals surface area contributed by atoms with Gasteiger partial charge in [-0.2, -0.15) is 0 Å². The summed E-state index contributed by atoms with van der Waals surface area (Å²) in [6.45, 7) is 3.79. The fraction of sp³-hybridized carbons (Fsp3) is 0.500. The molecular weight excluding hydrogens is 244 g/mol. The standard InChI is InChI=1S/C14H20N2O3/c1-11-14(18)16(6-8-19-9-7-17)13-5-3-2-4-12(13)10-15-11/h2-5,11,15,17H,6-10H2,1H3. The van der Waals surface area contributed by atoms with Crippen molar-refractivity contribution in [1.29, 1.82) is 0 Å². The topological polar surface area (TPSA) is 61.8 Å². The molecular formula is C14H20N2O3. The number of rotatable bonds is 5. The molecule has 2 N–H and O–H groups in total. The number of nitrogens with zero attached hydrogens (tertiary/aromatic N) is 1. The van der Waals surface area contributed by atoms with Crippen LogP contribution >= 0.6 is 0 Å². The van der Waals surface area contributed by atoms with Gasteiger partial charge in [0.15, 0.2) is 0 Å². The van der Waals surface area contributed by atoms with Crippen LogP contribution in [-0.2, 0) is 16.1 Å². The number of hydrogen-bond donors (Lipinski definition) is 2. The molecule has 5 nitrogen and oxygen atoms in total. The van der Waals surface area contributed by atoms with Gasteiger partial charge >= 0.3 is 0 Å². The van der Waals surface area contributed by atoms with E-state index in [-0.39, 0.29) is 18.6 Å². The number of ether oxygens (including phenoxy) is 1. The lowest BCUT2D eigenvalue weighted by Crippen LogP contribution is -2.43. The molecule has 0 radical (unpaired) electrons. The number of aliphatic hydroxyl groups excluding tert-OH is 1. The molecule has 1 atom stereocenters. The number of fused-ring (bicyclic) bond motifs is 1. The molecule has 1 amide bonds. The molecule has 5 heteroatoms. The lowest BCUT2D eigenvalue weighted by molar-refractivity contribution is -0.120. The van der Waals surface area contributed by atoms with Crippen LogP contribution in [0.4, 0.5) is 5.69 Å². The number of carbonyl (C=O) groups is 1. The summed E-state index contributed by atoms with van der Waals surface area (Å²) in [6, 6.07) is 7.68. The monoisotopic (exact) mass is 264 g/mol. The molecule has 2 rings (SSSR count). The summed E-state index contributed by atoms with van der Waals surface area (Å²) in [7, 11) is 0. The highest BCUT2D eigenvalue weighted by Crippen LogP contribution is 2.23. The number of nitrogens with one attached hydrogen (secondary N) is 1. The van der Waals surface area contributed by atoms with Crippen LogP contribution in [0.2, 0.25) is 0 Å². The van der Waals surface area contributed by atoms with Crippen molar-refractivity contribution in [3.8, 4) is 0 Å². The van der Waals surface area contributed by atoms with Gasteiger partial charge in [0.25, 0.3) is 0 Å². The quantitative estimate of drug-likeness (QED) is 0.761. The number of amides is 1. The maximum atomic E-state index is 12.3. The summed E-state index contributed by atoms with van der Waals surface area (Å²) in [5.41, 5.74) is 2.05. The zero-order chi connectivity index (χ0) is 13.7. The van der Waals surface area contributed by atoms with Gasteiger partial charge in [-0.25, -0.2) is 0 Å². The van der Waals surface area contributed by atoms with Gasteiger partial charge in [0.2, 0.25) is 5.91 Å². The van der Waals surface area contributed by atoms with Crippen LogP contribution in [0.1, 0.15) is 12.5 Å². The molecule has 0 saturated heterocycles. The van der Waals surface area contributed by atoms with Crippen molar-refractivity contribution in [1.82, 2.24) is 5.32 Å².